The molecule has 1 aromatic carbocycles. The number of hydrogen-bond donors (Lipinski definition) is 0. The van der Waals surface area contributed by atoms with Crippen molar-refractivity contribution in [2.75, 3.05) is 31.1 Å². The third-order valence-electron chi connectivity index (χ3n) is 6.01. The molecule has 3 aromatic rings. The zero-order valence-electron chi connectivity index (χ0n) is 18.8. The molecule has 2 aromatic heterocycles. The number of carbonyl (C=O) groups excluding carboxylic acids is 1. The van der Waals surface area contributed by atoms with Crippen LogP contribution >= 0.6 is 0 Å². The number of benzene rings is 1. The summed E-state index contributed by atoms with van der Waals surface area (Å²) < 4.78 is 5.52. The average Bonchev–Trinajstić information content (AvgIpc) is 3.17. The van der Waals surface area contributed by atoms with E-state index in [2.05, 4.69) is 51.3 Å². The maximum absolute atomic E-state index is 12.4. The van der Waals surface area contributed by atoms with Crippen LogP contribution in [0.2, 0.25) is 0 Å². The van der Waals surface area contributed by atoms with E-state index in [1.807, 2.05) is 39.4 Å². The molecule has 0 spiro atoms. The van der Waals surface area contributed by atoms with Gasteiger partial charge in [0, 0.05) is 56.1 Å². The van der Waals surface area contributed by atoms with Crippen LogP contribution in [0.25, 0.3) is 22.3 Å². The number of hydrogen-bond acceptors (Lipinski definition) is 5. The van der Waals surface area contributed by atoms with Crippen LogP contribution in [0.5, 0.6) is 0 Å². The van der Waals surface area contributed by atoms with E-state index in [1.54, 1.807) is 4.90 Å². The fourth-order valence-corrected chi connectivity index (χ4v) is 4.50. The lowest BCUT2D eigenvalue weighted by Crippen LogP contribution is -2.50. The van der Waals surface area contributed by atoms with Crippen LogP contribution in [0, 0.1) is 0 Å². The number of fused-ring (bicyclic) bond motifs is 3. The Morgan fingerprint density at radius 2 is 1.78 bits per heavy atom. The predicted molar refractivity (Wildman–Crippen MR) is 126 cm³/mol. The molecule has 164 valence electrons. The number of rotatable bonds is 2. The minimum atomic E-state index is -0.476. The van der Waals surface area contributed by atoms with Crippen molar-refractivity contribution in [1.82, 2.24) is 14.9 Å². The van der Waals surface area contributed by atoms with Crippen LogP contribution < -0.4 is 4.90 Å². The van der Waals surface area contributed by atoms with Crippen LogP contribution in [0.1, 0.15) is 32.0 Å². The smallest absolute Gasteiger partial charge is 0.410 e. The van der Waals surface area contributed by atoms with Gasteiger partial charge in [-0.05, 0) is 49.6 Å². The second kappa shape index (κ2) is 7.93. The van der Waals surface area contributed by atoms with E-state index < -0.39 is 5.60 Å². The fraction of sp³-hybridized carbons (Fsp3) is 0.346. The Balaban J connectivity index is 1.37. The van der Waals surface area contributed by atoms with Gasteiger partial charge in [-0.15, -0.1) is 0 Å². The van der Waals surface area contributed by atoms with Gasteiger partial charge >= 0.3 is 6.09 Å². The lowest BCUT2D eigenvalue weighted by Gasteiger charge is -2.36. The minimum absolute atomic E-state index is 0.241. The van der Waals surface area contributed by atoms with Crippen LogP contribution in [-0.2, 0) is 11.2 Å². The van der Waals surface area contributed by atoms with E-state index in [4.69, 9.17) is 4.74 Å². The highest BCUT2D eigenvalue weighted by atomic mass is 16.6. The Labute approximate surface area is 188 Å². The molecule has 1 aliphatic heterocycles. The summed E-state index contributed by atoms with van der Waals surface area (Å²) in [7, 11) is 0. The monoisotopic (exact) mass is 428 g/mol. The van der Waals surface area contributed by atoms with E-state index in [0.717, 1.165) is 36.5 Å². The first-order chi connectivity index (χ1) is 15.4. The van der Waals surface area contributed by atoms with Gasteiger partial charge in [-0.1, -0.05) is 24.3 Å². The van der Waals surface area contributed by atoms with E-state index >= 15 is 0 Å². The van der Waals surface area contributed by atoms with Gasteiger partial charge in [0.1, 0.15) is 5.60 Å². The zero-order valence-corrected chi connectivity index (χ0v) is 18.8. The highest BCUT2D eigenvalue weighted by Gasteiger charge is 2.27. The Bertz CT molecular complexity index is 1160. The van der Waals surface area contributed by atoms with Crippen LogP contribution in [0.3, 0.4) is 0 Å². The van der Waals surface area contributed by atoms with Crippen LogP contribution in [0.4, 0.5) is 10.5 Å². The van der Waals surface area contributed by atoms with Crippen LogP contribution in [-0.4, -0.2) is 52.7 Å². The summed E-state index contributed by atoms with van der Waals surface area (Å²) in [5.74, 6) is 0. The molecule has 6 nitrogen and oxygen atoms in total. The number of ether oxygens (including phenoxy) is 1. The Hall–Kier alpha value is -3.41. The Morgan fingerprint density at radius 1 is 1.00 bits per heavy atom. The quantitative estimate of drug-likeness (QED) is 0.460. The van der Waals surface area contributed by atoms with E-state index in [0.29, 0.717) is 13.1 Å². The molecule has 1 amide bonds. The van der Waals surface area contributed by atoms with Crippen molar-refractivity contribution in [2.45, 2.75) is 32.8 Å². The molecule has 0 radical (unpaired) electrons. The third kappa shape index (κ3) is 3.93. The first-order valence-corrected chi connectivity index (χ1v) is 11.1. The van der Waals surface area contributed by atoms with Gasteiger partial charge in [0.25, 0.3) is 0 Å². The molecule has 0 bridgehead atoms. The van der Waals surface area contributed by atoms with Gasteiger partial charge in [-0.2, -0.15) is 0 Å². The first kappa shape index (κ1) is 20.5. The highest BCUT2D eigenvalue weighted by Crippen LogP contribution is 2.42. The summed E-state index contributed by atoms with van der Waals surface area (Å²) >= 11 is 0. The SMILES string of the molecule is CC(C)(C)OC(=O)N1CCN(c2cncc(-c3ccnc4c3-c3ccccc3C4)c2)CC1. The van der Waals surface area contributed by atoms with Crippen LogP contribution in [0.15, 0.2) is 55.0 Å². The van der Waals surface area contributed by atoms with Crippen molar-refractivity contribution in [2.24, 2.45) is 0 Å². The van der Waals surface area contributed by atoms with Gasteiger partial charge in [0.05, 0.1) is 17.6 Å². The molecule has 1 saturated heterocycles. The van der Waals surface area contributed by atoms with Crippen molar-refractivity contribution in [3.63, 3.8) is 0 Å². The highest BCUT2D eigenvalue weighted by molar-refractivity contribution is 5.89. The van der Waals surface area contributed by atoms with E-state index in [9.17, 15) is 4.79 Å². The molecule has 0 unspecified atom stereocenters. The number of piperazine rings is 1. The molecule has 2 aliphatic rings. The second-order valence-corrected chi connectivity index (χ2v) is 9.40. The number of carbonyl (C=O) groups is 1. The number of aromatic nitrogens is 2. The summed E-state index contributed by atoms with van der Waals surface area (Å²) in [6.07, 6.45) is 6.36. The predicted octanol–water partition coefficient (Wildman–Crippen LogP) is 4.77. The summed E-state index contributed by atoms with van der Waals surface area (Å²) in [6, 6.07) is 12.8. The molecule has 5 rings (SSSR count). The lowest BCUT2D eigenvalue weighted by atomic mass is 9.97. The maximum atomic E-state index is 12.4. The number of pyridine rings is 2. The zero-order chi connectivity index (χ0) is 22.3. The van der Waals surface area contributed by atoms with E-state index in [-0.39, 0.29) is 6.09 Å². The van der Waals surface area contributed by atoms with Gasteiger partial charge in [0.2, 0.25) is 0 Å². The number of nitrogens with zero attached hydrogens (tertiary/aromatic N) is 4. The molecule has 1 aliphatic carbocycles. The van der Waals surface area contributed by atoms with Gasteiger partial charge < -0.3 is 14.5 Å². The maximum Gasteiger partial charge on any atom is 0.410 e. The lowest BCUT2D eigenvalue weighted by molar-refractivity contribution is 0.0240. The Kier molecular flexibility index (Phi) is 5.08. The second-order valence-electron chi connectivity index (χ2n) is 9.40. The molecule has 0 saturated carbocycles. The summed E-state index contributed by atoms with van der Waals surface area (Å²) in [5.41, 5.74) is 7.79. The van der Waals surface area contributed by atoms with Gasteiger partial charge in [-0.25, -0.2) is 4.79 Å². The number of anilines is 1. The first-order valence-electron chi connectivity index (χ1n) is 11.1. The molecule has 0 atom stereocenters. The topological polar surface area (TPSA) is 58.6 Å². The normalized spacial score (nSPS) is 15.3. The summed E-state index contributed by atoms with van der Waals surface area (Å²) in [5, 5.41) is 0. The average molecular weight is 429 g/mol. The Morgan fingerprint density at radius 3 is 2.56 bits per heavy atom. The molecular weight excluding hydrogens is 400 g/mol. The molecule has 32 heavy (non-hydrogen) atoms. The van der Waals surface area contributed by atoms with Crippen molar-refractivity contribution in [1.29, 1.82) is 0 Å². The van der Waals surface area contributed by atoms with Gasteiger partial charge in [0.15, 0.2) is 0 Å². The van der Waals surface area contributed by atoms with Crippen molar-refractivity contribution in [3.8, 4) is 22.3 Å². The summed E-state index contributed by atoms with van der Waals surface area (Å²) in [6.45, 7) is 8.46. The minimum Gasteiger partial charge on any atom is -0.444 e. The third-order valence-corrected chi connectivity index (χ3v) is 6.01. The molecule has 1 fully saturated rings. The number of amides is 1. The van der Waals surface area contributed by atoms with Crippen molar-refractivity contribution < 1.29 is 9.53 Å². The molecule has 0 N–H and O–H groups in total. The molecule has 3 heterocycles. The molecule has 6 heteroatoms. The fourth-order valence-electron chi connectivity index (χ4n) is 4.50. The van der Waals surface area contributed by atoms with Crippen molar-refractivity contribution >= 4 is 11.8 Å². The largest absolute Gasteiger partial charge is 0.444 e. The van der Waals surface area contributed by atoms with E-state index in [1.165, 1.54) is 22.3 Å². The summed E-state index contributed by atoms with van der Waals surface area (Å²) in [4.78, 5) is 25.6. The van der Waals surface area contributed by atoms with Gasteiger partial charge in [-0.3, -0.25) is 9.97 Å². The van der Waals surface area contributed by atoms with Crippen molar-refractivity contribution in [3.05, 3.63) is 66.2 Å². The standard InChI is InChI=1S/C26H28N4O2/c1-26(2,3)32-25(31)30-12-10-29(11-13-30)20-14-19(16-27-17-20)22-8-9-28-23-15-18-6-4-5-7-21(18)24(22)23/h4-9,14,16-17H,10-13,15H2,1-3H3. The molecular formula is C26H28N4O2.